The molecule has 0 spiro atoms. The van der Waals surface area contributed by atoms with Crippen LogP contribution in [0.3, 0.4) is 0 Å². The zero-order valence-electron chi connectivity index (χ0n) is 10.7. The lowest BCUT2D eigenvalue weighted by Crippen LogP contribution is -2.09. The van der Waals surface area contributed by atoms with Crippen LogP contribution in [0.1, 0.15) is 22.8 Å². The van der Waals surface area contributed by atoms with E-state index in [0.717, 1.165) is 12.1 Å². The topological polar surface area (TPSA) is 50.7 Å². The van der Waals surface area contributed by atoms with Crippen LogP contribution in [-0.2, 0) is 4.74 Å². The third-order valence-electron chi connectivity index (χ3n) is 2.27. The molecule has 8 heteroatoms. The van der Waals surface area contributed by atoms with Crippen molar-refractivity contribution in [3.05, 3.63) is 29.1 Å². The number of rotatable bonds is 5. The summed E-state index contributed by atoms with van der Waals surface area (Å²) in [6.45, 7) is 3.31. The molecule has 0 atom stereocenters. The van der Waals surface area contributed by atoms with Crippen LogP contribution in [0.4, 0.5) is 18.9 Å². The normalized spacial score (nSPS) is 11.7. The minimum absolute atomic E-state index is 0.110. The highest BCUT2D eigenvalue weighted by atomic mass is 35.5. The lowest BCUT2D eigenvalue weighted by molar-refractivity contribution is 0.0525. The largest absolute Gasteiger partial charge is 0.462 e. The van der Waals surface area contributed by atoms with Gasteiger partial charge < -0.3 is 4.74 Å². The number of hydrogen-bond acceptors (Lipinski definition) is 4. The molecule has 0 saturated heterocycles. The number of alkyl halides is 2. The highest BCUT2D eigenvalue weighted by molar-refractivity contribution is 6.66. The molecule has 0 unspecified atom stereocenters. The van der Waals surface area contributed by atoms with Gasteiger partial charge in [-0.25, -0.2) is 18.0 Å². The number of aryl methyl sites for hydroxylation is 1. The monoisotopic (exact) mass is 308 g/mol. The van der Waals surface area contributed by atoms with E-state index < -0.39 is 23.4 Å². The standard InChI is InChI=1S/C12H12ClF3N2O2/c1-3-20-12(19)7-5-9(8(14)4-6(7)2)17-18-10(13)11(15)16/h4-5,11,17H,3H2,1-2H3. The van der Waals surface area contributed by atoms with E-state index in [1.807, 2.05) is 0 Å². The number of benzene rings is 1. The minimum Gasteiger partial charge on any atom is -0.462 e. The van der Waals surface area contributed by atoms with Crippen molar-refractivity contribution in [3.63, 3.8) is 0 Å². The van der Waals surface area contributed by atoms with Gasteiger partial charge in [-0.3, -0.25) is 5.43 Å². The molecule has 4 nitrogen and oxygen atoms in total. The Morgan fingerprint density at radius 3 is 2.70 bits per heavy atom. The summed E-state index contributed by atoms with van der Waals surface area (Å²) in [5.74, 6) is -1.39. The SMILES string of the molecule is CCOC(=O)c1cc(NN=C(Cl)C(F)F)c(F)cc1C. The van der Waals surface area contributed by atoms with Gasteiger partial charge in [0.05, 0.1) is 17.9 Å². The fourth-order valence-corrected chi connectivity index (χ4v) is 1.39. The van der Waals surface area contributed by atoms with Gasteiger partial charge in [-0.1, -0.05) is 11.6 Å². The molecule has 1 N–H and O–H groups in total. The molecule has 0 aliphatic rings. The molecule has 0 amide bonds. The molecule has 0 radical (unpaired) electrons. The predicted molar refractivity (Wildman–Crippen MR) is 70.0 cm³/mol. The molecule has 0 aromatic heterocycles. The summed E-state index contributed by atoms with van der Waals surface area (Å²) in [5.41, 5.74) is 2.27. The van der Waals surface area contributed by atoms with Crippen molar-refractivity contribution in [2.45, 2.75) is 20.3 Å². The number of halogens is 4. The first kappa shape index (κ1) is 16.3. The Balaban J connectivity index is 3.06. The molecular weight excluding hydrogens is 297 g/mol. The number of carbonyl (C=O) groups is 1. The molecule has 20 heavy (non-hydrogen) atoms. The van der Waals surface area contributed by atoms with Gasteiger partial charge in [0.15, 0.2) is 5.17 Å². The molecule has 1 aromatic carbocycles. The van der Waals surface area contributed by atoms with Crippen molar-refractivity contribution in [2.24, 2.45) is 5.10 Å². The summed E-state index contributed by atoms with van der Waals surface area (Å²) in [6.07, 6.45) is -2.97. The quantitative estimate of drug-likeness (QED) is 0.514. The number of esters is 1. The van der Waals surface area contributed by atoms with Crippen LogP contribution in [0.2, 0.25) is 0 Å². The van der Waals surface area contributed by atoms with Crippen molar-refractivity contribution in [1.82, 2.24) is 0 Å². The van der Waals surface area contributed by atoms with Gasteiger partial charge in [-0.2, -0.15) is 5.10 Å². The lowest BCUT2D eigenvalue weighted by atomic mass is 10.1. The Morgan fingerprint density at radius 2 is 2.15 bits per heavy atom. The third kappa shape index (κ3) is 4.12. The van der Waals surface area contributed by atoms with Crippen molar-refractivity contribution in [1.29, 1.82) is 0 Å². The Morgan fingerprint density at radius 1 is 1.50 bits per heavy atom. The summed E-state index contributed by atoms with van der Waals surface area (Å²) in [6, 6.07) is 2.20. The van der Waals surface area contributed by atoms with Gasteiger partial charge >= 0.3 is 5.97 Å². The molecular formula is C12H12ClF3N2O2. The van der Waals surface area contributed by atoms with Gasteiger partial charge in [0.1, 0.15) is 5.82 Å². The first-order valence-corrected chi connectivity index (χ1v) is 5.99. The van der Waals surface area contributed by atoms with E-state index in [0.29, 0.717) is 5.56 Å². The number of nitrogens with one attached hydrogen (secondary N) is 1. The van der Waals surface area contributed by atoms with E-state index in [1.165, 1.54) is 6.92 Å². The Bertz CT molecular complexity index is 536. The molecule has 0 aliphatic carbocycles. The van der Waals surface area contributed by atoms with Crippen LogP contribution in [0, 0.1) is 12.7 Å². The molecule has 1 rings (SSSR count). The summed E-state index contributed by atoms with van der Waals surface area (Å²) in [7, 11) is 0. The molecule has 1 aromatic rings. The van der Waals surface area contributed by atoms with E-state index >= 15 is 0 Å². The van der Waals surface area contributed by atoms with Crippen molar-refractivity contribution < 1.29 is 22.7 Å². The first-order chi connectivity index (χ1) is 9.36. The van der Waals surface area contributed by atoms with Gasteiger partial charge in [0.25, 0.3) is 6.43 Å². The lowest BCUT2D eigenvalue weighted by Gasteiger charge is -2.09. The highest BCUT2D eigenvalue weighted by Gasteiger charge is 2.15. The average molecular weight is 309 g/mol. The number of hydrogen-bond donors (Lipinski definition) is 1. The van der Waals surface area contributed by atoms with E-state index in [-0.39, 0.29) is 17.9 Å². The number of nitrogens with zero attached hydrogens (tertiary/aromatic N) is 1. The van der Waals surface area contributed by atoms with Crippen molar-refractivity contribution in [3.8, 4) is 0 Å². The summed E-state index contributed by atoms with van der Waals surface area (Å²) < 4.78 is 42.7. The number of hydrazone groups is 1. The molecule has 0 heterocycles. The maximum Gasteiger partial charge on any atom is 0.338 e. The van der Waals surface area contributed by atoms with Crippen molar-refractivity contribution >= 4 is 28.4 Å². The van der Waals surface area contributed by atoms with Crippen LogP contribution in [-0.4, -0.2) is 24.2 Å². The third-order valence-corrected chi connectivity index (χ3v) is 2.52. The second-order valence-electron chi connectivity index (χ2n) is 3.71. The highest BCUT2D eigenvalue weighted by Crippen LogP contribution is 2.21. The average Bonchev–Trinajstić information content (AvgIpc) is 2.37. The van der Waals surface area contributed by atoms with Gasteiger partial charge in [-0.05, 0) is 31.5 Å². The fraction of sp³-hybridized carbons (Fsp3) is 0.333. The maximum atomic E-state index is 13.6. The fourth-order valence-electron chi connectivity index (χ4n) is 1.35. The van der Waals surface area contributed by atoms with Crippen molar-refractivity contribution in [2.75, 3.05) is 12.0 Å². The Hall–Kier alpha value is -1.76. The first-order valence-electron chi connectivity index (χ1n) is 5.61. The van der Waals surface area contributed by atoms with Gasteiger partial charge in [-0.15, -0.1) is 0 Å². The summed E-state index contributed by atoms with van der Waals surface area (Å²) >= 11 is 5.12. The molecule has 0 bridgehead atoms. The van der Waals surface area contributed by atoms with Crippen LogP contribution < -0.4 is 5.43 Å². The maximum absolute atomic E-state index is 13.6. The molecule has 0 aliphatic heterocycles. The second-order valence-corrected chi connectivity index (χ2v) is 4.10. The van der Waals surface area contributed by atoms with E-state index in [2.05, 4.69) is 10.5 Å². The van der Waals surface area contributed by atoms with E-state index in [1.54, 1.807) is 6.92 Å². The van der Waals surface area contributed by atoms with Crippen LogP contribution in [0.15, 0.2) is 17.2 Å². The molecule has 0 fully saturated rings. The van der Waals surface area contributed by atoms with Gasteiger partial charge in [0.2, 0.25) is 0 Å². The van der Waals surface area contributed by atoms with Crippen LogP contribution in [0.25, 0.3) is 0 Å². The second kappa shape index (κ2) is 7.14. The smallest absolute Gasteiger partial charge is 0.338 e. The summed E-state index contributed by atoms with van der Waals surface area (Å²) in [5, 5.41) is 2.11. The zero-order chi connectivity index (χ0) is 15.3. The Labute approximate surface area is 118 Å². The molecule has 0 saturated carbocycles. The summed E-state index contributed by atoms with van der Waals surface area (Å²) in [4.78, 5) is 11.6. The van der Waals surface area contributed by atoms with E-state index in [9.17, 15) is 18.0 Å². The minimum atomic E-state index is -2.97. The van der Waals surface area contributed by atoms with Crippen LogP contribution >= 0.6 is 11.6 Å². The number of ether oxygens (including phenoxy) is 1. The number of carbonyl (C=O) groups excluding carboxylic acids is 1. The predicted octanol–water partition coefficient (Wildman–Crippen LogP) is 3.54. The van der Waals surface area contributed by atoms with Gasteiger partial charge in [0, 0.05) is 0 Å². The Kier molecular flexibility index (Phi) is 5.82. The van der Waals surface area contributed by atoms with E-state index in [4.69, 9.17) is 16.3 Å². The molecule has 110 valence electrons. The number of anilines is 1. The van der Waals surface area contributed by atoms with Crippen LogP contribution in [0.5, 0.6) is 0 Å². The zero-order valence-corrected chi connectivity index (χ0v) is 11.5.